The maximum atomic E-state index is 12.8. The number of benzene rings is 2. The summed E-state index contributed by atoms with van der Waals surface area (Å²) in [5, 5.41) is 0. The van der Waals surface area contributed by atoms with E-state index in [9.17, 15) is 4.79 Å². The second-order valence-electron chi connectivity index (χ2n) is 5.81. The van der Waals surface area contributed by atoms with E-state index in [1.54, 1.807) is 7.11 Å². The van der Waals surface area contributed by atoms with Crippen molar-refractivity contribution in [2.24, 2.45) is 5.92 Å². The molecule has 0 aromatic heterocycles. The largest absolute Gasteiger partial charge is 0.496 e. The first kappa shape index (κ1) is 13.9. The van der Waals surface area contributed by atoms with E-state index in [1.807, 2.05) is 44.2 Å². The van der Waals surface area contributed by atoms with Crippen molar-refractivity contribution in [2.75, 3.05) is 7.11 Å². The predicted molar refractivity (Wildman–Crippen MR) is 84.1 cm³/mol. The summed E-state index contributed by atoms with van der Waals surface area (Å²) in [5.41, 5.74) is 4.20. The minimum absolute atomic E-state index is 0.100. The Morgan fingerprint density at radius 2 is 1.81 bits per heavy atom. The second-order valence-corrected chi connectivity index (χ2v) is 5.81. The monoisotopic (exact) mass is 280 g/mol. The Morgan fingerprint density at radius 1 is 1.10 bits per heavy atom. The first-order chi connectivity index (χ1) is 10.1. The quantitative estimate of drug-likeness (QED) is 0.781. The van der Waals surface area contributed by atoms with Gasteiger partial charge in [0.1, 0.15) is 5.75 Å². The highest BCUT2D eigenvalue weighted by molar-refractivity contribution is 6.03. The van der Waals surface area contributed by atoms with Crippen LogP contribution in [0, 0.1) is 19.8 Å². The molecule has 1 fully saturated rings. The molecule has 0 radical (unpaired) electrons. The molecule has 1 aliphatic rings. The molecule has 0 heterocycles. The smallest absolute Gasteiger partial charge is 0.170 e. The molecule has 2 aromatic rings. The lowest BCUT2D eigenvalue weighted by Gasteiger charge is -2.12. The number of hydrogen-bond acceptors (Lipinski definition) is 2. The summed E-state index contributed by atoms with van der Waals surface area (Å²) in [6.07, 6.45) is 0.943. The fourth-order valence-corrected chi connectivity index (χ4v) is 3.00. The molecule has 0 bridgehead atoms. The highest BCUT2D eigenvalue weighted by atomic mass is 16.5. The van der Waals surface area contributed by atoms with Gasteiger partial charge < -0.3 is 4.74 Å². The normalized spacial score (nSPS) is 20.1. The Hall–Kier alpha value is -2.09. The van der Waals surface area contributed by atoms with E-state index < -0.39 is 0 Å². The van der Waals surface area contributed by atoms with Gasteiger partial charge in [0.25, 0.3) is 0 Å². The summed E-state index contributed by atoms with van der Waals surface area (Å²) < 4.78 is 5.48. The van der Waals surface area contributed by atoms with Gasteiger partial charge in [0.15, 0.2) is 5.78 Å². The molecule has 2 atom stereocenters. The van der Waals surface area contributed by atoms with Crippen molar-refractivity contribution in [3.8, 4) is 5.75 Å². The Kier molecular flexibility index (Phi) is 3.54. The zero-order chi connectivity index (χ0) is 15.0. The third-order valence-corrected chi connectivity index (χ3v) is 4.50. The van der Waals surface area contributed by atoms with Crippen molar-refractivity contribution in [1.29, 1.82) is 0 Å². The van der Waals surface area contributed by atoms with Gasteiger partial charge in [-0.25, -0.2) is 0 Å². The Labute approximate surface area is 125 Å². The second kappa shape index (κ2) is 5.36. The summed E-state index contributed by atoms with van der Waals surface area (Å²) in [6, 6.07) is 14.2. The molecule has 21 heavy (non-hydrogen) atoms. The van der Waals surface area contributed by atoms with Gasteiger partial charge in [0, 0.05) is 5.92 Å². The molecule has 0 N–H and O–H groups in total. The number of ether oxygens (including phenoxy) is 1. The van der Waals surface area contributed by atoms with Crippen LogP contribution in [0.5, 0.6) is 5.75 Å². The van der Waals surface area contributed by atoms with Crippen LogP contribution < -0.4 is 4.74 Å². The molecule has 3 rings (SSSR count). The molecule has 0 spiro atoms. The summed E-state index contributed by atoms with van der Waals surface area (Å²) in [5.74, 6) is 1.41. The first-order valence-electron chi connectivity index (χ1n) is 7.37. The van der Waals surface area contributed by atoms with E-state index in [1.165, 1.54) is 5.56 Å². The van der Waals surface area contributed by atoms with Crippen LogP contribution in [-0.2, 0) is 0 Å². The molecule has 0 amide bonds. The van der Waals surface area contributed by atoms with E-state index >= 15 is 0 Å². The summed E-state index contributed by atoms with van der Waals surface area (Å²) in [7, 11) is 1.64. The minimum atomic E-state index is 0.100. The van der Waals surface area contributed by atoms with Crippen molar-refractivity contribution in [2.45, 2.75) is 26.2 Å². The molecule has 2 aromatic carbocycles. The standard InChI is InChI=1S/C19H20O2/c1-12-9-10-15(19(21-3)13(12)2)18(20)17-11-16(17)14-7-5-4-6-8-14/h4-10,16-17H,11H2,1-3H3. The number of methoxy groups -OCH3 is 1. The summed E-state index contributed by atoms with van der Waals surface area (Å²) in [6.45, 7) is 4.04. The fourth-order valence-electron chi connectivity index (χ4n) is 3.00. The Bertz CT molecular complexity index is 673. The lowest BCUT2D eigenvalue weighted by Crippen LogP contribution is -2.07. The van der Waals surface area contributed by atoms with E-state index in [0.29, 0.717) is 5.92 Å². The number of ketones is 1. The number of rotatable bonds is 4. The van der Waals surface area contributed by atoms with Crippen molar-refractivity contribution in [3.63, 3.8) is 0 Å². The number of carbonyl (C=O) groups excluding carboxylic acids is 1. The number of hydrogen-bond donors (Lipinski definition) is 0. The topological polar surface area (TPSA) is 26.3 Å². The van der Waals surface area contributed by atoms with Crippen LogP contribution in [-0.4, -0.2) is 12.9 Å². The predicted octanol–water partition coefficient (Wildman–Crippen LogP) is 4.30. The molecule has 2 unspecified atom stereocenters. The van der Waals surface area contributed by atoms with Crippen molar-refractivity contribution < 1.29 is 9.53 Å². The minimum Gasteiger partial charge on any atom is -0.496 e. The Balaban J connectivity index is 1.87. The van der Waals surface area contributed by atoms with Gasteiger partial charge in [0.2, 0.25) is 0 Å². The van der Waals surface area contributed by atoms with E-state index in [0.717, 1.165) is 28.9 Å². The van der Waals surface area contributed by atoms with Gasteiger partial charge in [-0.15, -0.1) is 0 Å². The summed E-state index contributed by atoms with van der Waals surface area (Å²) >= 11 is 0. The average molecular weight is 280 g/mol. The van der Waals surface area contributed by atoms with E-state index in [2.05, 4.69) is 12.1 Å². The molecular weight excluding hydrogens is 260 g/mol. The zero-order valence-corrected chi connectivity index (χ0v) is 12.7. The highest BCUT2D eigenvalue weighted by Gasteiger charge is 2.44. The lowest BCUT2D eigenvalue weighted by atomic mass is 9.98. The summed E-state index contributed by atoms with van der Waals surface area (Å²) in [4.78, 5) is 12.8. The van der Waals surface area contributed by atoms with Crippen molar-refractivity contribution >= 4 is 5.78 Å². The molecule has 1 aliphatic carbocycles. The number of carbonyl (C=O) groups is 1. The average Bonchev–Trinajstić information content (AvgIpc) is 3.30. The van der Waals surface area contributed by atoms with Crippen LogP contribution >= 0.6 is 0 Å². The van der Waals surface area contributed by atoms with Gasteiger partial charge in [0.05, 0.1) is 12.7 Å². The number of Topliss-reactive ketones (excluding diaryl/α,β-unsaturated/α-hetero) is 1. The molecule has 2 nitrogen and oxygen atoms in total. The van der Waals surface area contributed by atoms with E-state index in [4.69, 9.17) is 4.74 Å². The van der Waals surface area contributed by atoms with Gasteiger partial charge in [-0.05, 0) is 48.9 Å². The number of aryl methyl sites for hydroxylation is 1. The van der Waals surface area contributed by atoms with Crippen LogP contribution in [0.2, 0.25) is 0 Å². The van der Waals surface area contributed by atoms with Crippen LogP contribution in [0.25, 0.3) is 0 Å². The fraction of sp³-hybridized carbons (Fsp3) is 0.316. The van der Waals surface area contributed by atoms with Crippen LogP contribution in [0.15, 0.2) is 42.5 Å². The Morgan fingerprint density at radius 3 is 2.48 bits per heavy atom. The molecule has 108 valence electrons. The molecule has 0 saturated heterocycles. The SMILES string of the molecule is COc1c(C(=O)C2CC2c2ccccc2)ccc(C)c1C. The zero-order valence-electron chi connectivity index (χ0n) is 12.7. The van der Waals surface area contributed by atoms with Crippen LogP contribution in [0.3, 0.4) is 0 Å². The lowest BCUT2D eigenvalue weighted by molar-refractivity contribution is 0.0962. The van der Waals surface area contributed by atoms with Gasteiger partial charge >= 0.3 is 0 Å². The third-order valence-electron chi connectivity index (χ3n) is 4.50. The third kappa shape index (κ3) is 2.46. The highest BCUT2D eigenvalue weighted by Crippen LogP contribution is 2.50. The van der Waals surface area contributed by atoms with Crippen molar-refractivity contribution in [3.05, 3.63) is 64.7 Å². The van der Waals surface area contributed by atoms with Crippen LogP contribution in [0.4, 0.5) is 0 Å². The molecule has 0 aliphatic heterocycles. The van der Waals surface area contributed by atoms with Gasteiger partial charge in [-0.3, -0.25) is 4.79 Å². The van der Waals surface area contributed by atoms with Gasteiger partial charge in [-0.2, -0.15) is 0 Å². The maximum absolute atomic E-state index is 12.8. The molecule has 2 heteroatoms. The van der Waals surface area contributed by atoms with Crippen molar-refractivity contribution in [1.82, 2.24) is 0 Å². The van der Waals surface area contributed by atoms with Gasteiger partial charge in [-0.1, -0.05) is 36.4 Å². The molecule has 1 saturated carbocycles. The van der Waals surface area contributed by atoms with E-state index in [-0.39, 0.29) is 11.7 Å². The molecular formula is C19H20O2. The maximum Gasteiger partial charge on any atom is 0.170 e. The first-order valence-corrected chi connectivity index (χ1v) is 7.37. The van der Waals surface area contributed by atoms with Crippen LogP contribution in [0.1, 0.15) is 39.4 Å².